The third-order valence-electron chi connectivity index (χ3n) is 6.66. The first kappa shape index (κ1) is 27.4. The molecule has 2 atom stereocenters. The number of carbonyl (C=O) groups is 1. The number of amides is 1. The second-order valence-corrected chi connectivity index (χ2v) is 16.0. The molecule has 1 aliphatic rings. The van der Waals surface area contributed by atoms with E-state index in [1.807, 2.05) is 20.8 Å². The SMILES string of the molecule is CC(C)(C)OC(=O)NCCNCC1CCC(O[Si](c2ccccc2)(c2ccccc2)C(C)(C)C)C1. The lowest BCUT2D eigenvalue weighted by atomic mass is 10.1. The van der Waals surface area contributed by atoms with Gasteiger partial charge in [-0.25, -0.2) is 4.79 Å². The summed E-state index contributed by atoms with van der Waals surface area (Å²) in [5.41, 5.74) is -0.471. The molecule has 5 nitrogen and oxygen atoms in total. The predicted octanol–water partition coefficient (Wildman–Crippen LogP) is 4.85. The highest BCUT2D eigenvalue weighted by Crippen LogP contribution is 2.40. The molecule has 0 aliphatic heterocycles. The highest BCUT2D eigenvalue weighted by molar-refractivity contribution is 6.99. The predicted molar refractivity (Wildman–Crippen MR) is 147 cm³/mol. The molecule has 35 heavy (non-hydrogen) atoms. The van der Waals surface area contributed by atoms with Crippen molar-refractivity contribution in [2.24, 2.45) is 5.92 Å². The molecule has 0 heterocycles. The van der Waals surface area contributed by atoms with Gasteiger partial charge in [0.15, 0.2) is 0 Å². The molecule has 6 heteroatoms. The number of alkyl carbamates (subject to hydrolysis) is 1. The van der Waals surface area contributed by atoms with Crippen molar-refractivity contribution in [3.63, 3.8) is 0 Å². The van der Waals surface area contributed by atoms with Gasteiger partial charge in [-0.2, -0.15) is 0 Å². The molecular weight excluding hydrogens is 452 g/mol. The molecule has 0 radical (unpaired) electrons. The fourth-order valence-electron chi connectivity index (χ4n) is 5.14. The Bertz CT molecular complexity index is 883. The van der Waals surface area contributed by atoms with E-state index in [4.69, 9.17) is 9.16 Å². The maximum absolute atomic E-state index is 11.8. The number of rotatable bonds is 9. The minimum Gasteiger partial charge on any atom is -0.444 e. The van der Waals surface area contributed by atoms with E-state index in [2.05, 4.69) is 92.1 Å². The van der Waals surface area contributed by atoms with Gasteiger partial charge in [0.25, 0.3) is 8.32 Å². The van der Waals surface area contributed by atoms with E-state index in [1.165, 1.54) is 10.4 Å². The van der Waals surface area contributed by atoms with Crippen molar-refractivity contribution in [1.82, 2.24) is 10.6 Å². The first-order chi connectivity index (χ1) is 16.5. The van der Waals surface area contributed by atoms with Crippen LogP contribution in [0.3, 0.4) is 0 Å². The van der Waals surface area contributed by atoms with Gasteiger partial charge in [0.1, 0.15) is 5.60 Å². The van der Waals surface area contributed by atoms with Crippen LogP contribution in [-0.2, 0) is 9.16 Å². The average Bonchev–Trinajstić information content (AvgIpc) is 3.23. The highest BCUT2D eigenvalue weighted by atomic mass is 28.4. The normalized spacial score (nSPS) is 18.9. The van der Waals surface area contributed by atoms with Crippen molar-refractivity contribution in [2.45, 2.75) is 77.5 Å². The van der Waals surface area contributed by atoms with Crippen molar-refractivity contribution in [3.8, 4) is 0 Å². The third-order valence-corrected chi connectivity index (χ3v) is 11.7. The first-order valence-corrected chi connectivity index (χ1v) is 14.9. The molecule has 1 fully saturated rings. The van der Waals surface area contributed by atoms with E-state index in [1.54, 1.807) is 0 Å². The zero-order valence-corrected chi connectivity index (χ0v) is 23.4. The number of carbonyl (C=O) groups excluding carboxylic acids is 1. The molecule has 0 saturated heterocycles. The number of ether oxygens (including phenoxy) is 1. The summed E-state index contributed by atoms with van der Waals surface area (Å²) in [5, 5.41) is 9.00. The molecule has 1 amide bonds. The molecule has 2 unspecified atom stereocenters. The van der Waals surface area contributed by atoms with Gasteiger partial charge in [0.2, 0.25) is 0 Å². The van der Waals surface area contributed by atoms with Gasteiger partial charge in [0, 0.05) is 19.2 Å². The van der Waals surface area contributed by atoms with E-state index in [0.29, 0.717) is 12.5 Å². The number of nitrogens with one attached hydrogen (secondary N) is 2. The van der Waals surface area contributed by atoms with Gasteiger partial charge < -0.3 is 19.8 Å². The zero-order valence-electron chi connectivity index (χ0n) is 22.4. The quantitative estimate of drug-likeness (QED) is 0.385. The lowest BCUT2D eigenvalue weighted by Crippen LogP contribution is -2.67. The van der Waals surface area contributed by atoms with E-state index in [9.17, 15) is 4.79 Å². The fraction of sp³-hybridized carbons (Fsp3) is 0.552. The first-order valence-electron chi connectivity index (χ1n) is 13.0. The summed E-state index contributed by atoms with van der Waals surface area (Å²) in [4.78, 5) is 11.8. The lowest BCUT2D eigenvalue weighted by molar-refractivity contribution is 0.0528. The summed E-state index contributed by atoms with van der Waals surface area (Å²) in [7, 11) is -2.50. The Morgan fingerprint density at radius 3 is 1.97 bits per heavy atom. The molecule has 2 N–H and O–H groups in total. The Balaban J connectivity index is 1.61. The molecule has 0 bridgehead atoms. The van der Waals surface area contributed by atoms with Crippen LogP contribution in [0.4, 0.5) is 4.79 Å². The standard InChI is InChI=1S/C29H44N2O3Si/c1-28(2,3)33-27(32)31-20-19-30-22-23-17-18-24(21-23)34-35(29(4,5)6,25-13-9-7-10-14-25)26-15-11-8-12-16-26/h7-16,23-24,30H,17-22H2,1-6H3,(H,31,32). The Morgan fingerprint density at radius 2 is 1.46 bits per heavy atom. The van der Waals surface area contributed by atoms with E-state index in [-0.39, 0.29) is 17.2 Å². The van der Waals surface area contributed by atoms with Crippen molar-refractivity contribution in [2.75, 3.05) is 19.6 Å². The lowest BCUT2D eigenvalue weighted by Gasteiger charge is -2.44. The summed E-state index contributed by atoms with van der Waals surface area (Å²) in [6.07, 6.45) is 3.21. The molecular formula is C29H44N2O3Si. The van der Waals surface area contributed by atoms with Crippen molar-refractivity contribution < 1.29 is 14.0 Å². The Labute approximate surface area is 213 Å². The van der Waals surface area contributed by atoms with Gasteiger partial charge in [0.05, 0.1) is 0 Å². The molecule has 2 aromatic rings. The molecule has 192 valence electrons. The second kappa shape index (κ2) is 11.7. The summed E-state index contributed by atoms with van der Waals surface area (Å²) < 4.78 is 12.6. The summed E-state index contributed by atoms with van der Waals surface area (Å²) in [6, 6.07) is 21.8. The average molecular weight is 497 g/mol. The minimum atomic E-state index is -2.50. The molecule has 3 rings (SSSR count). The number of hydrogen-bond acceptors (Lipinski definition) is 4. The molecule has 0 spiro atoms. The Kier molecular flexibility index (Phi) is 9.19. The molecule has 0 aromatic heterocycles. The number of benzene rings is 2. The van der Waals surface area contributed by atoms with Crippen LogP contribution < -0.4 is 21.0 Å². The molecule has 2 aromatic carbocycles. The van der Waals surface area contributed by atoms with Crippen LogP contribution in [0, 0.1) is 5.92 Å². The van der Waals surface area contributed by atoms with E-state index >= 15 is 0 Å². The maximum atomic E-state index is 11.8. The maximum Gasteiger partial charge on any atom is 0.407 e. The zero-order chi connectivity index (χ0) is 25.5. The van der Waals surface area contributed by atoms with Crippen molar-refractivity contribution >= 4 is 24.8 Å². The molecule has 1 saturated carbocycles. The monoisotopic (exact) mass is 496 g/mol. The molecule has 1 aliphatic carbocycles. The van der Waals surface area contributed by atoms with Crippen LogP contribution in [-0.4, -0.2) is 45.7 Å². The van der Waals surface area contributed by atoms with Gasteiger partial charge in [-0.15, -0.1) is 0 Å². The van der Waals surface area contributed by atoms with E-state index < -0.39 is 13.9 Å². The third kappa shape index (κ3) is 7.42. The van der Waals surface area contributed by atoms with Crippen molar-refractivity contribution in [3.05, 3.63) is 60.7 Å². The van der Waals surface area contributed by atoms with E-state index in [0.717, 1.165) is 32.4 Å². The van der Waals surface area contributed by atoms with Crippen molar-refractivity contribution in [1.29, 1.82) is 0 Å². The fourth-order valence-corrected chi connectivity index (χ4v) is 9.87. The summed E-state index contributed by atoms with van der Waals surface area (Å²) in [6.45, 7) is 14.9. The van der Waals surface area contributed by atoms with Crippen LogP contribution in [0.25, 0.3) is 0 Å². The smallest absolute Gasteiger partial charge is 0.407 e. The minimum absolute atomic E-state index is 0.000619. The Hall–Kier alpha value is -2.15. The topological polar surface area (TPSA) is 59.6 Å². The van der Waals surface area contributed by atoms with Crippen LogP contribution in [0.2, 0.25) is 5.04 Å². The van der Waals surface area contributed by atoms with Gasteiger partial charge in [-0.3, -0.25) is 0 Å². The Morgan fingerprint density at radius 1 is 0.886 bits per heavy atom. The van der Waals surface area contributed by atoms with Crippen LogP contribution in [0.5, 0.6) is 0 Å². The largest absolute Gasteiger partial charge is 0.444 e. The van der Waals surface area contributed by atoms with Gasteiger partial charge in [-0.1, -0.05) is 81.4 Å². The second-order valence-electron chi connectivity index (χ2n) is 11.7. The number of hydrogen-bond donors (Lipinski definition) is 2. The van der Waals surface area contributed by atoms with Crippen LogP contribution in [0.1, 0.15) is 60.8 Å². The summed E-state index contributed by atoms with van der Waals surface area (Å²) >= 11 is 0. The van der Waals surface area contributed by atoms with Gasteiger partial charge >= 0.3 is 6.09 Å². The van der Waals surface area contributed by atoms with Crippen LogP contribution >= 0.6 is 0 Å². The van der Waals surface area contributed by atoms with Crippen LogP contribution in [0.15, 0.2) is 60.7 Å². The summed E-state index contributed by atoms with van der Waals surface area (Å²) in [5.74, 6) is 0.583. The highest BCUT2D eigenvalue weighted by Gasteiger charge is 2.51. The van der Waals surface area contributed by atoms with Gasteiger partial charge in [-0.05, 0) is 67.9 Å².